The molecular weight excluding hydrogens is 464 g/mol. The average Bonchev–Trinajstić information content (AvgIpc) is 3.45. The van der Waals surface area contributed by atoms with Crippen molar-refractivity contribution in [2.24, 2.45) is 0 Å². The second kappa shape index (κ2) is 8.84. The van der Waals surface area contributed by atoms with E-state index in [1.165, 1.54) is 23.2 Å². The molecule has 0 bridgehead atoms. The van der Waals surface area contributed by atoms with Crippen molar-refractivity contribution < 1.29 is 0 Å². The lowest BCUT2D eigenvalue weighted by Gasteiger charge is -2.34. The number of rotatable bonds is 5. The van der Waals surface area contributed by atoms with Crippen molar-refractivity contribution >= 4 is 39.0 Å². The Kier molecular flexibility index (Phi) is 5.76. The Morgan fingerprint density at radius 3 is 2.78 bits per heavy atom. The zero-order valence-electron chi connectivity index (χ0n) is 17.7. The number of para-hydroxylation sites is 3. The first-order valence-corrected chi connectivity index (χ1v) is 10.9. The molecule has 2 aromatic carbocycles. The third-order valence-corrected chi connectivity index (χ3v) is 6.30. The molecule has 3 aromatic heterocycles. The molecule has 0 aliphatic heterocycles. The van der Waals surface area contributed by atoms with Crippen molar-refractivity contribution in [2.75, 3.05) is 0 Å². The lowest BCUT2D eigenvalue weighted by Crippen LogP contribution is -2.32. The van der Waals surface area contributed by atoms with Crippen LogP contribution in [0.5, 0.6) is 0 Å². The molecule has 0 fully saturated rings. The van der Waals surface area contributed by atoms with E-state index in [4.69, 9.17) is 9.97 Å². The summed E-state index contributed by atoms with van der Waals surface area (Å²) in [5, 5.41) is 0. The number of imidazole rings is 2. The highest BCUT2D eigenvalue weighted by Crippen LogP contribution is 2.35. The van der Waals surface area contributed by atoms with Gasteiger partial charge in [0.1, 0.15) is 5.82 Å². The summed E-state index contributed by atoms with van der Waals surface area (Å²) in [7, 11) is 0. The predicted molar refractivity (Wildman–Crippen MR) is 132 cm³/mol. The van der Waals surface area contributed by atoms with Crippen LogP contribution in [0.1, 0.15) is 41.5 Å². The van der Waals surface area contributed by atoms with Gasteiger partial charge in [0.05, 0.1) is 46.7 Å². The topological polar surface area (TPSA) is 73.5 Å². The van der Waals surface area contributed by atoms with Gasteiger partial charge in [-0.1, -0.05) is 30.3 Å². The minimum absolute atomic E-state index is 0. The molecular formula is C25H25BrN6. The fourth-order valence-corrected chi connectivity index (χ4v) is 4.86. The van der Waals surface area contributed by atoms with E-state index in [-0.39, 0.29) is 23.0 Å². The zero-order valence-corrected chi connectivity index (χ0v) is 19.4. The van der Waals surface area contributed by atoms with Crippen LogP contribution in [0.15, 0.2) is 67.1 Å². The van der Waals surface area contributed by atoms with E-state index in [0.717, 1.165) is 53.8 Å². The Morgan fingerprint density at radius 2 is 1.84 bits per heavy atom. The minimum atomic E-state index is 0. The van der Waals surface area contributed by atoms with Crippen LogP contribution in [-0.2, 0) is 19.5 Å². The summed E-state index contributed by atoms with van der Waals surface area (Å²) in [4.78, 5) is 23.5. The molecule has 32 heavy (non-hydrogen) atoms. The predicted octanol–water partition coefficient (Wildman–Crippen LogP) is 5.49. The second-order valence-corrected chi connectivity index (χ2v) is 8.28. The maximum Gasteiger partial charge on any atom is 0.121 e. The highest BCUT2D eigenvalue weighted by Gasteiger charge is 2.28. The molecule has 7 heteroatoms. The fraction of sp³-hybridized carbons (Fsp3) is 0.240. The monoisotopic (exact) mass is 488 g/mol. The lowest BCUT2D eigenvalue weighted by atomic mass is 9.90. The smallest absolute Gasteiger partial charge is 0.121 e. The van der Waals surface area contributed by atoms with Gasteiger partial charge < -0.3 is 9.97 Å². The Bertz CT molecular complexity index is 1320. The number of aromatic amines is 2. The van der Waals surface area contributed by atoms with E-state index in [9.17, 15) is 0 Å². The van der Waals surface area contributed by atoms with Gasteiger partial charge >= 0.3 is 0 Å². The molecule has 1 aliphatic carbocycles. The van der Waals surface area contributed by atoms with Gasteiger partial charge in [0.15, 0.2) is 0 Å². The van der Waals surface area contributed by atoms with Crippen molar-refractivity contribution in [2.45, 2.75) is 38.4 Å². The van der Waals surface area contributed by atoms with Crippen LogP contribution in [0.25, 0.3) is 22.1 Å². The average molecular weight is 489 g/mol. The van der Waals surface area contributed by atoms with Gasteiger partial charge in [0.2, 0.25) is 0 Å². The van der Waals surface area contributed by atoms with Crippen LogP contribution in [0, 0.1) is 0 Å². The highest BCUT2D eigenvalue weighted by molar-refractivity contribution is 8.93. The summed E-state index contributed by atoms with van der Waals surface area (Å²) in [6.07, 6.45) is 7.07. The first-order chi connectivity index (χ1) is 15.3. The number of nitrogens with one attached hydrogen (secondary N) is 2. The Labute approximate surface area is 196 Å². The van der Waals surface area contributed by atoms with Crippen molar-refractivity contribution in [3.05, 3.63) is 89.8 Å². The van der Waals surface area contributed by atoms with Gasteiger partial charge in [0.25, 0.3) is 0 Å². The highest BCUT2D eigenvalue weighted by atomic mass is 79.9. The number of hydrogen-bond acceptors (Lipinski definition) is 4. The number of nitrogens with zero attached hydrogens (tertiary/aromatic N) is 4. The van der Waals surface area contributed by atoms with E-state index in [0.29, 0.717) is 0 Å². The van der Waals surface area contributed by atoms with E-state index in [1.54, 1.807) is 6.33 Å². The summed E-state index contributed by atoms with van der Waals surface area (Å²) in [5.41, 5.74) is 7.99. The number of benzene rings is 2. The number of pyridine rings is 1. The molecule has 6 nitrogen and oxygen atoms in total. The summed E-state index contributed by atoms with van der Waals surface area (Å²) in [6, 6.07) is 19.1. The number of aromatic nitrogens is 5. The maximum atomic E-state index is 4.86. The minimum Gasteiger partial charge on any atom is -0.345 e. The molecule has 0 spiro atoms. The third kappa shape index (κ3) is 3.82. The molecule has 1 unspecified atom stereocenters. The lowest BCUT2D eigenvalue weighted by molar-refractivity contribution is 0.154. The van der Waals surface area contributed by atoms with E-state index in [2.05, 4.69) is 62.3 Å². The Hall–Kier alpha value is -3.03. The van der Waals surface area contributed by atoms with Gasteiger partial charge in [-0.2, -0.15) is 0 Å². The number of aryl methyl sites for hydroxylation is 1. The van der Waals surface area contributed by atoms with Crippen LogP contribution in [0.4, 0.5) is 0 Å². The summed E-state index contributed by atoms with van der Waals surface area (Å²) in [6.45, 7) is 1.52. The fourth-order valence-electron chi connectivity index (χ4n) is 4.86. The molecule has 3 heterocycles. The second-order valence-electron chi connectivity index (χ2n) is 8.28. The largest absolute Gasteiger partial charge is 0.345 e. The molecule has 0 saturated heterocycles. The van der Waals surface area contributed by atoms with Crippen molar-refractivity contribution in [3.8, 4) is 0 Å². The maximum absolute atomic E-state index is 4.86. The molecule has 0 amide bonds. The Morgan fingerprint density at radius 1 is 0.938 bits per heavy atom. The molecule has 5 aromatic rings. The molecule has 1 aliphatic rings. The van der Waals surface area contributed by atoms with Crippen LogP contribution in [0.2, 0.25) is 0 Å². The van der Waals surface area contributed by atoms with Crippen molar-refractivity contribution in [1.29, 1.82) is 0 Å². The van der Waals surface area contributed by atoms with Crippen LogP contribution >= 0.6 is 17.0 Å². The van der Waals surface area contributed by atoms with Gasteiger partial charge in [0, 0.05) is 12.7 Å². The van der Waals surface area contributed by atoms with Gasteiger partial charge in [-0.15, -0.1) is 17.0 Å². The van der Waals surface area contributed by atoms with Crippen molar-refractivity contribution in [3.63, 3.8) is 0 Å². The normalized spacial score (nSPS) is 15.7. The van der Waals surface area contributed by atoms with Crippen LogP contribution < -0.4 is 0 Å². The third-order valence-electron chi connectivity index (χ3n) is 6.30. The first-order valence-electron chi connectivity index (χ1n) is 10.9. The number of halogens is 1. The molecule has 6 rings (SSSR count). The summed E-state index contributed by atoms with van der Waals surface area (Å²) >= 11 is 0. The number of fused-ring (bicyclic) bond motifs is 3. The molecule has 2 N–H and O–H groups in total. The van der Waals surface area contributed by atoms with Crippen molar-refractivity contribution in [1.82, 2.24) is 29.8 Å². The van der Waals surface area contributed by atoms with Gasteiger partial charge in [-0.05, 0) is 54.7 Å². The quantitative estimate of drug-likeness (QED) is 0.342. The standard InChI is InChI=1S/C25H24N6.BrH/c1-2-10-20-19(9-1)29-23(30-20)15-31(14-18-7-3-11-21-24(18)28-16-27-21)22-12-4-6-17-8-5-13-26-25(17)22;/h1-3,5,7-11,13,16,22H,4,6,12,14-15H2,(H,27,28)(H,29,30);1H. The molecule has 1 atom stereocenters. The van der Waals surface area contributed by atoms with Crippen LogP contribution in [-0.4, -0.2) is 29.8 Å². The zero-order chi connectivity index (χ0) is 20.6. The van der Waals surface area contributed by atoms with Gasteiger partial charge in [-0.25, -0.2) is 9.97 Å². The molecule has 162 valence electrons. The summed E-state index contributed by atoms with van der Waals surface area (Å²) in [5.74, 6) is 0.985. The number of hydrogen-bond donors (Lipinski definition) is 2. The number of H-pyrrole nitrogens is 2. The summed E-state index contributed by atoms with van der Waals surface area (Å²) < 4.78 is 0. The van der Waals surface area contributed by atoms with E-state index < -0.39 is 0 Å². The van der Waals surface area contributed by atoms with Crippen LogP contribution in [0.3, 0.4) is 0 Å². The van der Waals surface area contributed by atoms with E-state index in [1.807, 2.05) is 18.3 Å². The molecule has 0 saturated carbocycles. The Balaban J connectivity index is 0.00000216. The first kappa shape index (κ1) is 20.8. The molecule has 0 radical (unpaired) electrons. The SMILES string of the molecule is Br.c1cnc2c(c1)CCCC2N(Cc1nc2ccccc2[nH]1)Cc1cccc2[nH]cnc12. The van der Waals surface area contributed by atoms with Gasteiger partial charge in [-0.3, -0.25) is 9.88 Å². The van der Waals surface area contributed by atoms with E-state index >= 15 is 0 Å².